The topological polar surface area (TPSA) is 12.4 Å². The van der Waals surface area contributed by atoms with Crippen molar-refractivity contribution in [3.8, 4) is 0 Å². The van der Waals surface area contributed by atoms with E-state index in [-0.39, 0.29) is 0 Å². The Morgan fingerprint density at radius 1 is 1.31 bits per heavy atom. The summed E-state index contributed by atoms with van der Waals surface area (Å²) < 4.78 is 0. The van der Waals surface area contributed by atoms with E-state index in [4.69, 9.17) is 0 Å². The van der Waals surface area contributed by atoms with Crippen LogP contribution in [-0.4, -0.2) is 27.1 Å². The second kappa shape index (κ2) is 8.12. The van der Waals surface area contributed by atoms with E-state index in [1.807, 2.05) is 18.0 Å². The average Bonchev–Trinajstić information content (AvgIpc) is 2.13. The summed E-state index contributed by atoms with van der Waals surface area (Å²) in [7, 11) is -0.955. The molecular formula is C13H27NSSi. The Kier molecular flexibility index (Phi) is 8.11. The molecule has 0 spiro atoms. The first-order valence-electron chi connectivity index (χ1n) is 6.08. The molecule has 0 fully saturated rings. The SMILES string of the molecule is CS/C(=C\CCN=CC(C)C)C[Si](C)(C)C. The number of hydrogen-bond acceptors (Lipinski definition) is 2. The van der Waals surface area contributed by atoms with Gasteiger partial charge in [-0.05, 0) is 29.5 Å². The minimum atomic E-state index is -0.955. The summed E-state index contributed by atoms with van der Waals surface area (Å²) in [4.78, 5) is 5.96. The highest BCUT2D eigenvalue weighted by molar-refractivity contribution is 8.02. The van der Waals surface area contributed by atoms with Crippen LogP contribution >= 0.6 is 11.8 Å². The van der Waals surface area contributed by atoms with Crippen LogP contribution in [0.5, 0.6) is 0 Å². The van der Waals surface area contributed by atoms with Crippen LogP contribution in [0.25, 0.3) is 0 Å². The van der Waals surface area contributed by atoms with Crippen LogP contribution in [0, 0.1) is 5.92 Å². The number of aliphatic imine (C=N–C) groups is 1. The van der Waals surface area contributed by atoms with Gasteiger partial charge in [-0.25, -0.2) is 0 Å². The summed E-state index contributed by atoms with van der Waals surface area (Å²) in [6.45, 7) is 12.5. The van der Waals surface area contributed by atoms with E-state index in [0.29, 0.717) is 5.92 Å². The summed E-state index contributed by atoms with van der Waals surface area (Å²) in [6, 6.07) is 1.31. The van der Waals surface area contributed by atoms with E-state index in [1.165, 1.54) is 6.04 Å². The molecule has 0 atom stereocenters. The Bertz CT molecular complexity index is 239. The van der Waals surface area contributed by atoms with Gasteiger partial charge in [0.2, 0.25) is 0 Å². The van der Waals surface area contributed by atoms with Crippen LogP contribution in [0.15, 0.2) is 16.0 Å². The molecule has 0 saturated carbocycles. The Morgan fingerprint density at radius 3 is 2.38 bits per heavy atom. The molecular weight excluding hydrogens is 230 g/mol. The van der Waals surface area contributed by atoms with Gasteiger partial charge in [-0.1, -0.05) is 39.6 Å². The summed E-state index contributed by atoms with van der Waals surface area (Å²) in [5, 5.41) is 0. The predicted molar refractivity (Wildman–Crippen MR) is 82.6 cm³/mol. The van der Waals surface area contributed by atoms with Crippen LogP contribution < -0.4 is 0 Å². The van der Waals surface area contributed by atoms with Crippen molar-refractivity contribution in [3.05, 3.63) is 11.0 Å². The maximum atomic E-state index is 4.41. The van der Waals surface area contributed by atoms with Gasteiger partial charge in [0.25, 0.3) is 0 Å². The lowest BCUT2D eigenvalue weighted by Crippen LogP contribution is -2.19. The van der Waals surface area contributed by atoms with E-state index in [2.05, 4.69) is 50.8 Å². The first-order chi connectivity index (χ1) is 7.35. The molecule has 0 N–H and O–H groups in total. The Labute approximate surface area is 107 Å². The first-order valence-corrected chi connectivity index (χ1v) is 11.0. The van der Waals surface area contributed by atoms with E-state index < -0.39 is 8.07 Å². The number of allylic oxidation sites excluding steroid dienone is 1. The van der Waals surface area contributed by atoms with Crippen LogP contribution in [0.1, 0.15) is 20.3 Å². The van der Waals surface area contributed by atoms with Crippen molar-refractivity contribution in [1.29, 1.82) is 0 Å². The van der Waals surface area contributed by atoms with Gasteiger partial charge in [0.1, 0.15) is 0 Å². The fourth-order valence-corrected chi connectivity index (χ4v) is 4.69. The molecule has 0 radical (unpaired) electrons. The van der Waals surface area contributed by atoms with Crippen molar-refractivity contribution < 1.29 is 0 Å². The second-order valence-corrected chi connectivity index (χ2v) is 12.1. The molecule has 0 aliphatic heterocycles. The van der Waals surface area contributed by atoms with Crippen LogP contribution in [0.2, 0.25) is 25.7 Å². The molecule has 0 aliphatic rings. The summed E-state index contributed by atoms with van der Waals surface area (Å²) in [5.74, 6) is 0.575. The average molecular weight is 258 g/mol. The zero-order chi connectivity index (χ0) is 12.6. The summed E-state index contributed by atoms with van der Waals surface area (Å²) in [6.07, 6.45) is 7.69. The molecule has 0 aromatic rings. The third-order valence-electron chi connectivity index (χ3n) is 2.00. The van der Waals surface area contributed by atoms with Gasteiger partial charge in [0, 0.05) is 20.8 Å². The molecule has 0 amide bonds. The van der Waals surface area contributed by atoms with Gasteiger partial charge in [0.15, 0.2) is 0 Å². The number of hydrogen-bond donors (Lipinski definition) is 0. The summed E-state index contributed by atoms with van der Waals surface area (Å²) >= 11 is 1.91. The Morgan fingerprint density at radius 2 is 1.94 bits per heavy atom. The number of rotatable bonds is 7. The van der Waals surface area contributed by atoms with E-state index in [9.17, 15) is 0 Å². The van der Waals surface area contributed by atoms with Crippen LogP contribution in [0.4, 0.5) is 0 Å². The highest BCUT2D eigenvalue weighted by Gasteiger charge is 2.14. The lowest BCUT2D eigenvalue weighted by atomic mass is 10.2. The van der Waals surface area contributed by atoms with Crippen molar-refractivity contribution >= 4 is 26.1 Å². The van der Waals surface area contributed by atoms with Crippen molar-refractivity contribution in [1.82, 2.24) is 0 Å². The molecule has 0 bridgehead atoms. The maximum absolute atomic E-state index is 4.41. The van der Waals surface area contributed by atoms with Crippen molar-refractivity contribution in [2.45, 2.75) is 46.0 Å². The normalized spacial score (nSPS) is 14.1. The molecule has 0 aromatic heterocycles. The summed E-state index contributed by atoms with van der Waals surface area (Å²) in [5.41, 5.74) is 0. The Balaban J connectivity index is 3.99. The molecule has 16 heavy (non-hydrogen) atoms. The van der Waals surface area contributed by atoms with Crippen molar-refractivity contribution in [2.75, 3.05) is 12.8 Å². The largest absolute Gasteiger partial charge is 0.297 e. The van der Waals surface area contributed by atoms with Crippen LogP contribution in [0.3, 0.4) is 0 Å². The van der Waals surface area contributed by atoms with Gasteiger partial charge in [-0.3, -0.25) is 4.99 Å². The third kappa shape index (κ3) is 10.5. The van der Waals surface area contributed by atoms with E-state index in [1.54, 1.807) is 4.91 Å². The second-order valence-electron chi connectivity index (χ2n) is 5.70. The van der Waals surface area contributed by atoms with Crippen LogP contribution in [-0.2, 0) is 0 Å². The van der Waals surface area contributed by atoms with Gasteiger partial charge in [-0.2, -0.15) is 0 Å². The predicted octanol–water partition coefficient (Wildman–Crippen LogP) is 4.69. The maximum Gasteiger partial charge on any atom is 0.0493 e. The monoisotopic (exact) mass is 257 g/mol. The van der Waals surface area contributed by atoms with E-state index in [0.717, 1.165) is 13.0 Å². The zero-order valence-corrected chi connectivity index (χ0v) is 13.5. The van der Waals surface area contributed by atoms with Gasteiger partial charge < -0.3 is 0 Å². The highest BCUT2D eigenvalue weighted by atomic mass is 32.2. The van der Waals surface area contributed by atoms with Crippen molar-refractivity contribution in [2.24, 2.45) is 10.9 Å². The molecule has 0 rings (SSSR count). The fraction of sp³-hybridized carbons (Fsp3) is 0.769. The van der Waals surface area contributed by atoms with E-state index >= 15 is 0 Å². The zero-order valence-electron chi connectivity index (χ0n) is 11.7. The molecule has 0 heterocycles. The fourth-order valence-electron chi connectivity index (χ4n) is 1.34. The molecule has 0 unspecified atom stereocenters. The molecule has 3 heteroatoms. The van der Waals surface area contributed by atoms with Gasteiger partial charge in [-0.15, -0.1) is 11.8 Å². The molecule has 1 nitrogen and oxygen atoms in total. The lowest BCUT2D eigenvalue weighted by Gasteiger charge is -2.16. The molecule has 0 saturated heterocycles. The Hall–Kier alpha value is -0.0231. The van der Waals surface area contributed by atoms with Gasteiger partial charge >= 0.3 is 0 Å². The first kappa shape index (κ1) is 16.0. The standard InChI is InChI=1S/C13H27NSSi/c1-12(2)10-14-9-7-8-13(15-3)11-16(4,5)6/h8,10,12H,7,9,11H2,1-6H3/b13-8-,14-10?. The third-order valence-corrected chi connectivity index (χ3v) is 4.53. The highest BCUT2D eigenvalue weighted by Crippen LogP contribution is 2.24. The number of thioether (sulfide) groups is 1. The van der Waals surface area contributed by atoms with Crippen molar-refractivity contribution in [3.63, 3.8) is 0 Å². The number of nitrogens with zero attached hydrogens (tertiary/aromatic N) is 1. The smallest absolute Gasteiger partial charge is 0.0493 e. The molecule has 0 aromatic carbocycles. The quantitative estimate of drug-likeness (QED) is 0.366. The lowest BCUT2D eigenvalue weighted by molar-refractivity contribution is 0.888. The minimum Gasteiger partial charge on any atom is -0.297 e. The minimum absolute atomic E-state index is 0.575. The van der Waals surface area contributed by atoms with Gasteiger partial charge in [0.05, 0.1) is 0 Å². The molecule has 0 aliphatic carbocycles. The molecule has 94 valence electrons.